The molecule has 1 fully saturated rings. The number of likely N-dealkylation sites (tertiary alicyclic amines) is 1. The number of nitrogens with zero attached hydrogens (tertiary/aromatic N) is 7. The largest absolute Gasteiger partial charge is 0.476 e. The van der Waals surface area contributed by atoms with Gasteiger partial charge in [-0.1, -0.05) is 43.2 Å². The molecule has 2 aliphatic rings. The summed E-state index contributed by atoms with van der Waals surface area (Å²) >= 11 is 0. The van der Waals surface area contributed by atoms with Crippen LogP contribution >= 0.6 is 0 Å². The van der Waals surface area contributed by atoms with Crippen molar-refractivity contribution >= 4 is 21.7 Å². The summed E-state index contributed by atoms with van der Waals surface area (Å²) in [7, 11) is -4.28. The predicted molar refractivity (Wildman–Crippen MR) is 185 cm³/mol. The van der Waals surface area contributed by atoms with Gasteiger partial charge in [-0.05, 0) is 57.2 Å². The molecule has 6 rings (SSSR count). The van der Waals surface area contributed by atoms with E-state index in [2.05, 4.69) is 19.8 Å². The fraction of sp³-hybridized carbons (Fsp3) is 0.486. The number of alkyl halides is 5. The lowest BCUT2D eigenvalue weighted by molar-refractivity contribution is -0.219. The van der Waals surface area contributed by atoms with Crippen molar-refractivity contribution in [3.63, 3.8) is 0 Å². The highest BCUT2D eigenvalue weighted by Crippen LogP contribution is 2.38. The van der Waals surface area contributed by atoms with Gasteiger partial charge in [-0.25, -0.2) is 28.4 Å². The number of nitrogens with one attached hydrogen (secondary N) is 1. The summed E-state index contributed by atoms with van der Waals surface area (Å²) in [4.78, 5) is 17.5. The molecule has 1 saturated heterocycles. The normalized spacial score (nSPS) is 18.8. The number of anilines is 2. The lowest BCUT2D eigenvalue weighted by Crippen LogP contribution is -2.40. The van der Waals surface area contributed by atoms with Gasteiger partial charge < -0.3 is 9.64 Å². The van der Waals surface area contributed by atoms with Crippen LogP contribution in [0, 0.1) is 5.41 Å². The molecule has 1 unspecified atom stereocenters. The molecule has 11 nitrogen and oxygen atoms in total. The third-order valence-electron chi connectivity index (χ3n) is 9.35. The summed E-state index contributed by atoms with van der Waals surface area (Å²) in [6.07, 6.45) is 0.567. The van der Waals surface area contributed by atoms with E-state index in [1.807, 2.05) is 29.2 Å². The number of sulfonamides is 1. The molecular weight excluding hydrogens is 707 g/mol. The highest BCUT2D eigenvalue weighted by molar-refractivity contribution is 7.92. The van der Waals surface area contributed by atoms with E-state index in [0.29, 0.717) is 49.6 Å². The Labute approximate surface area is 299 Å². The van der Waals surface area contributed by atoms with Gasteiger partial charge in [0.2, 0.25) is 5.88 Å². The smallest absolute Gasteiger partial charge is 0.397 e. The first-order chi connectivity index (χ1) is 24.7. The SMILES string of the molecule is CC(C)(COc1ccn(-c2ncc3nc2-c2ccccc2CCCCCCN(C2CCN(CC(F)F)C2)c2cccc(n2)S(=O)(=O)N3)n1)C(F)(F)F. The lowest BCUT2D eigenvalue weighted by atomic mass is 9.94. The van der Waals surface area contributed by atoms with Crippen molar-refractivity contribution in [2.75, 3.05) is 42.4 Å². The summed E-state index contributed by atoms with van der Waals surface area (Å²) < 4.78 is 103. The molecule has 5 heterocycles. The van der Waals surface area contributed by atoms with Crippen LogP contribution in [0.1, 0.15) is 51.5 Å². The Morgan fingerprint density at radius 2 is 1.77 bits per heavy atom. The molecule has 52 heavy (non-hydrogen) atoms. The lowest BCUT2D eigenvalue weighted by Gasteiger charge is -2.31. The molecule has 1 atom stereocenters. The minimum absolute atomic E-state index is 0.0482. The Morgan fingerprint density at radius 3 is 2.56 bits per heavy atom. The van der Waals surface area contributed by atoms with Crippen LogP contribution in [-0.4, -0.2) is 89.5 Å². The van der Waals surface area contributed by atoms with Crippen molar-refractivity contribution in [3.05, 3.63) is 66.5 Å². The Morgan fingerprint density at radius 1 is 0.981 bits per heavy atom. The minimum atomic E-state index is -4.48. The van der Waals surface area contributed by atoms with Gasteiger partial charge in [0, 0.05) is 43.5 Å². The number of halogens is 5. The van der Waals surface area contributed by atoms with Gasteiger partial charge in [0.25, 0.3) is 16.4 Å². The highest BCUT2D eigenvalue weighted by Gasteiger charge is 2.48. The van der Waals surface area contributed by atoms with E-state index in [4.69, 9.17) is 9.72 Å². The molecule has 0 radical (unpaired) electrons. The Bertz CT molecular complexity index is 1960. The topological polar surface area (TPSA) is 118 Å². The van der Waals surface area contributed by atoms with Crippen molar-refractivity contribution < 1.29 is 35.1 Å². The van der Waals surface area contributed by atoms with Gasteiger partial charge in [0.15, 0.2) is 16.7 Å². The monoisotopic (exact) mass is 748 g/mol. The molecular formula is C35H41F5N8O3S. The summed E-state index contributed by atoms with van der Waals surface area (Å²) in [5.41, 5.74) is -0.182. The third-order valence-corrected chi connectivity index (χ3v) is 10.6. The van der Waals surface area contributed by atoms with Crippen molar-refractivity contribution in [3.8, 4) is 23.0 Å². The maximum atomic E-state index is 13.8. The molecule has 1 N–H and O–H groups in total. The first-order valence-corrected chi connectivity index (χ1v) is 18.7. The maximum Gasteiger partial charge on any atom is 0.397 e. The summed E-state index contributed by atoms with van der Waals surface area (Å²) in [5.74, 6) is 0.524. The van der Waals surface area contributed by atoms with Gasteiger partial charge >= 0.3 is 6.18 Å². The fourth-order valence-corrected chi connectivity index (χ4v) is 7.30. The van der Waals surface area contributed by atoms with E-state index in [-0.39, 0.29) is 35.1 Å². The first kappa shape index (κ1) is 37.4. The van der Waals surface area contributed by atoms with Gasteiger partial charge in [0.05, 0.1) is 18.2 Å². The maximum absolute atomic E-state index is 13.8. The standard InChI is InChI=1S/C35H41F5N8O3S/c1-34(2,35(38,39)40)23-51-30-16-19-48(44-30)33-32-26-12-7-6-11-24(26)10-5-3-4-8-17-47(25-15-18-46(21-25)22-27(36)37)29-13-9-14-31(43-29)52(49,50)45-28(42-32)20-41-33/h6-7,9,11-14,16,19-20,25,27H,3-5,8,10,15,17-18,21-23H2,1-2H3,(H,42,45). The van der Waals surface area contributed by atoms with E-state index in [0.717, 1.165) is 45.1 Å². The van der Waals surface area contributed by atoms with E-state index in [1.54, 1.807) is 17.0 Å². The molecule has 280 valence electrons. The fourth-order valence-electron chi connectivity index (χ4n) is 6.35. The number of benzene rings is 1. The average molecular weight is 749 g/mol. The number of ether oxygens (including phenoxy) is 1. The third kappa shape index (κ3) is 8.62. The highest BCUT2D eigenvalue weighted by atomic mass is 32.2. The van der Waals surface area contributed by atoms with E-state index < -0.39 is 34.6 Å². The first-order valence-electron chi connectivity index (χ1n) is 17.2. The molecule has 0 spiro atoms. The molecule has 4 aromatic rings. The predicted octanol–water partition coefficient (Wildman–Crippen LogP) is 6.75. The summed E-state index contributed by atoms with van der Waals surface area (Å²) in [6.45, 7) is 2.65. The Balaban J connectivity index is 1.34. The Hall–Kier alpha value is -4.38. The van der Waals surface area contributed by atoms with Crippen LogP contribution < -0.4 is 14.4 Å². The number of aryl methyl sites for hydroxylation is 1. The van der Waals surface area contributed by atoms with Crippen molar-refractivity contribution in [2.45, 2.75) is 76.0 Å². The zero-order valence-corrected chi connectivity index (χ0v) is 29.7. The quantitative estimate of drug-likeness (QED) is 0.205. The molecule has 0 aliphatic carbocycles. The van der Waals surface area contributed by atoms with Crippen LogP contribution in [0.15, 0.2) is 66.0 Å². The zero-order valence-electron chi connectivity index (χ0n) is 28.9. The van der Waals surface area contributed by atoms with E-state index >= 15 is 0 Å². The molecule has 0 saturated carbocycles. The molecule has 0 amide bonds. The summed E-state index contributed by atoms with van der Waals surface area (Å²) in [5, 5.41) is 4.08. The second-order valence-electron chi connectivity index (χ2n) is 13.7. The number of hydrogen-bond acceptors (Lipinski definition) is 9. The van der Waals surface area contributed by atoms with Crippen molar-refractivity contribution in [1.29, 1.82) is 0 Å². The zero-order chi connectivity index (χ0) is 37.1. The molecule has 3 aromatic heterocycles. The minimum Gasteiger partial charge on any atom is -0.476 e. The molecule has 4 bridgehead atoms. The van der Waals surface area contributed by atoms with E-state index in [9.17, 15) is 30.4 Å². The number of fused-ring (bicyclic) bond motifs is 6. The van der Waals surface area contributed by atoms with Crippen LogP contribution in [0.5, 0.6) is 5.88 Å². The molecule has 2 aliphatic heterocycles. The molecule has 1 aromatic carbocycles. The van der Waals surface area contributed by atoms with Crippen LogP contribution in [0.3, 0.4) is 0 Å². The van der Waals surface area contributed by atoms with Gasteiger partial charge in [0.1, 0.15) is 18.1 Å². The van der Waals surface area contributed by atoms with Crippen LogP contribution in [0.4, 0.5) is 33.6 Å². The molecule has 17 heteroatoms. The number of aromatic nitrogens is 5. The van der Waals surface area contributed by atoms with Gasteiger partial charge in [-0.15, -0.1) is 5.10 Å². The van der Waals surface area contributed by atoms with Crippen LogP contribution in [-0.2, 0) is 16.4 Å². The van der Waals surface area contributed by atoms with Crippen molar-refractivity contribution in [2.24, 2.45) is 5.41 Å². The average Bonchev–Trinajstić information content (AvgIpc) is 3.76. The second-order valence-corrected chi connectivity index (χ2v) is 15.4. The van der Waals surface area contributed by atoms with Crippen molar-refractivity contribution in [1.82, 2.24) is 29.6 Å². The van der Waals surface area contributed by atoms with Gasteiger partial charge in [-0.2, -0.15) is 21.6 Å². The van der Waals surface area contributed by atoms with Crippen LogP contribution in [0.2, 0.25) is 0 Å². The van der Waals surface area contributed by atoms with Gasteiger partial charge in [-0.3, -0.25) is 9.62 Å². The number of rotatable bonds is 7. The number of hydrogen-bond donors (Lipinski definition) is 1. The second kappa shape index (κ2) is 15.3. The van der Waals surface area contributed by atoms with Crippen LogP contribution in [0.25, 0.3) is 17.1 Å². The number of pyridine rings is 1. The summed E-state index contributed by atoms with van der Waals surface area (Å²) in [6, 6.07) is 13.6. The van der Waals surface area contributed by atoms with E-state index in [1.165, 1.54) is 29.2 Å². The Kier molecular flexibility index (Phi) is 11.0.